The molecule has 8 nitrogen and oxygen atoms in total. The second kappa shape index (κ2) is 13.5. The summed E-state index contributed by atoms with van der Waals surface area (Å²) in [7, 11) is 0. The molecule has 0 spiro atoms. The van der Waals surface area contributed by atoms with Gasteiger partial charge in [0.1, 0.15) is 23.4 Å². The van der Waals surface area contributed by atoms with Gasteiger partial charge in [0.05, 0.1) is 0 Å². The van der Waals surface area contributed by atoms with Gasteiger partial charge in [-0.1, -0.05) is 45.7 Å². The molecule has 1 aromatic rings. The highest BCUT2D eigenvalue weighted by Crippen LogP contribution is 2.35. The number of hydrogen-bond donors (Lipinski definition) is 3. The van der Waals surface area contributed by atoms with Crippen LogP contribution in [-0.2, 0) is 14.3 Å². The number of hydrogen-bond acceptors (Lipinski definition) is 5. The van der Waals surface area contributed by atoms with E-state index in [9.17, 15) is 19.5 Å². The monoisotopic (exact) mass is 503 g/mol. The van der Waals surface area contributed by atoms with Gasteiger partial charge in [-0.3, -0.25) is 9.59 Å². The standard InChI is InChI=1S/C28H45N3O5/c1-7-8-9-16-29-25(33)24(20-12-10-15-22(32)18-20)31(21-13-11-14-21)26(34)23(17-19(2)3)30-27(35)36-28(4,5)6/h10,12,15,18-19,21,23-24,32H,7-9,11,13-14,16-17H2,1-6H3,(H,29,33)(H,30,35). The maximum Gasteiger partial charge on any atom is 0.408 e. The maximum atomic E-state index is 14.1. The quantitative estimate of drug-likeness (QED) is 0.346. The molecule has 36 heavy (non-hydrogen) atoms. The molecule has 0 radical (unpaired) electrons. The third kappa shape index (κ3) is 9.03. The molecule has 2 unspecified atom stereocenters. The van der Waals surface area contributed by atoms with Crippen molar-refractivity contribution in [3.8, 4) is 5.75 Å². The Kier molecular flexibility index (Phi) is 11.1. The van der Waals surface area contributed by atoms with E-state index in [-0.39, 0.29) is 29.5 Å². The van der Waals surface area contributed by atoms with E-state index in [1.807, 2.05) is 13.8 Å². The van der Waals surface area contributed by atoms with E-state index in [0.717, 1.165) is 38.5 Å². The van der Waals surface area contributed by atoms with Crippen molar-refractivity contribution in [1.82, 2.24) is 15.5 Å². The van der Waals surface area contributed by atoms with Crippen molar-refractivity contribution in [2.24, 2.45) is 5.92 Å². The predicted molar refractivity (Wildman–Crippen MR) is 140 cm³/mol. The molecule has 1 saturated carbocycles. The number of rotatable bonds is 12. The SMILES string of the molecule is CCCCCNC(=O)C(c1cccc(O)c1)N(C(=O)C(CC(C)C)NC(=O)OC(C)(C)C)C1CCC1. The van der Waals surface area contributed by atoms with Crippen LogP contribution in [0.15, 0.2) is 24.3 Å². The van der Waals surface area contributed by atoms with Gasteiger partial charge in [0.25, 0.3) is 0 Å². The van der Waals surface area contributed by atoms with Crippen LogP contribution in [0.3, 0.4) is 0 Å². The van der Waals surface area contributed by atoms with Gasteiger partial charge >= 0.3 is 6.09 Å². The van der Waals surface area contributed by atoms with Crippen molar-refractivity contribution < 1.29 is 24.2 Å². The lowest BCUT2D eigenvalue weighted by molar-refractivity contribution is -0.147. The van der Waals surface area contributed by atoms with E-state index in [4.69, 9.17) is 4.74 Å². The van der Waals surface area contributed by atoms with Crippen LogP contribution in [-0.4, -0.2) is 52.1 Å². The summed E-state index contributed by atoms with van der Waals surface area (Å²) >= 11 is 0. The molecular weight excluding hydrogens is 458 g/mol. The van der Waals surface area contributed by atoms with Crippen molar-refractivity contribution in [3.05, 3.63) is 29.8 Å². The highest BCUT2D eigenvalue weighted by atomic mass is 16.6. The average molecular weight is 504 g/mol. The van der Waals surface area contributed by atoms with Crippen LogP contribution in [0.5, 0.6) is 5.75 Å². The van der Waals surface area contributed by atoms with Gasteiger partial charge in [0.2, 0.25) is 11.8 Å². The normalized spacial score (nSPS) is 15.5. The van der Waals surface area contributed by atoms with E-state index in [2.05, 4.69) is 17.6 Å². The Balaban J connectivity index is 2.42. The van der Waals surface area contributed by atoms with Crippen LogP contribution in [0.4, 0.5) is 4.79 Å². The van der Waals surface area contributed by atoms with Crippen LogP contribution in [0.25, 0.3) is 0 Å². The van der Waals surface area contributed by atoms with Crippen LogP contribution < -0.4 is 10.6 Å². The van der Waals surface area contributed by atoms with Crippen molar-refractivity contribution in [1.29, 1.82) is 0 Å². The minimum atomic E-state index is -0.911. The predicted octanol–water partition coefficient (Wildman–Crippen LogP) is 5.06. The lowest BCUT2D eigenvalue weighted by atomic mass is 9.87. The number of phenolic OH excluding ortho intramolecular Hbond substituents is 1. The number of nitrogens with zero attached hydrogens (tertiary/aromatic N) is 1. The van der Waals surface area contributed by atoms with Gasteiger partial charge < -0.3 is 25.4 Å². The first-order valence-corrected chi connectivity index (χ1v) is 13.3. The fourth-order valence-electron chi connectivity index (χ4n) is 4.32. The smallest absolute Gasteiger partial charge is 0.408 e. The molecule has 8 heteroatoms. The summed E-state index contributed by atoms with van der Waals surface area (Å²) in [6.07, 6.45) is 5.16. The molecule has 0 aliphatic heterocycles. The van der Waals surface area contributed by atoms with Crippen LogP contribution in [0, 0.1) is 5.92 Å². The van der Waals surface area contributed by atoms with Gasteiger partial charge in [0.15, 0.2) is 0 Å². The Morgan fingerprint density at radius 1 is 1.17 bits per heavy atom. The van der Waals surface area contributed by atoms with E-state index < -0.39 is 23.8 Å². The van der Waals surface area contributed by atoms with Crippen LogP contribution in [0.1, 0.15) is 98.1 Å². The molecule has 3 amide bonds. The number of phenols is 1. The Morgan fingerprint density at radius 2 is 1.86 bits per heavy atom. The topological polar surface area (TPSA) is 108 Å². The highest BCUT2D eigenvalue weighted by Gasteiger charge is 2.42. The molecule has 1 fully saturated rings. The van der Waals surface area contributed by atoms with E-state index in [1.54, 1.807) is 43.9 Å². The molecule has 0 heterocycles. The lowest BCUT2D eigenvalue weighted by Crippen LogP contribution is -2.57. The number of unbranched alkanes of at least 4 members (excludes halogenated alkanes) is 2. The van der Waals surface area contributed by atoms with Crippen molar-refractivity contribution in [2.45, 2.75) is 110 Å². The first kappa shape index (κ1) is 29.5. The maximum absolute atomic E-state index is 14.1. The molecule has 0 aromatic heterocycles. The number of amides is 3. The first-order chi connectivity index (χ1) is 16.9. The van der Waals surface area contributed by atoms with Crippen molar-refractivity contribution >= 4 is 17.9 Å². The number of carbonyl (C=O) groups excluding carboxylic acids is 3. The fraction of sp³-hybridized carbons (Fsp3) is 0.679. The van der Waals surface area contributed by atoms with Gasteiger partial charge in [-0.25, -0.2) is 4.79 Å². The number of carbonyl (C=O) groups is 3. The number of benzene rings is 1. The highest BCUT2D eigenvalue weighted by molar-refractivity contribution is 5.92. The second-order valence-electron chi connectivity index (χ2n) is 11.2. The van der Waals surface area contributed by atoms with Crippen LogP contribution >= 0.6 is 0 Å². The summed E-state index contributed by atoms with van der Waals surface area (Å²) < 4.78 is 5.43. The summed E-state index contributed by atoms with van der Waals surface area (Å²) in [5, 5.41) is 15.9. The zero-order chi connectivity index (χ0) is 26.9. The molecule has 3 N–H and O–H groups in total. The van der Waals surface area contributed by atoms with Crippen molar-refractivity contribution in [2.75, 3.05) is 6.54 Å². The molecule has 1 aliphatic rings. The molecule has 1 aromatic carbocycles. The molecule has 1 aliphatic carbocycles. The second-order valence-corrected chi connectivity index (χ2v) is 11.2. The number of ether oxygens (including phenoxy) is 1. The van der Waals surface area contributed by atoms with Gasteiger partial charge in [-0.05, 0) is 76.5 Å². The largest absolute Gasteiger partial charge is 0.508 e. The van der Waals surface area contributed by atoms with E-state index >= 15 is 0 Å². The molecule has 0 bridgehead atoms. The van der Waals surface area contributed by atoms with Crippen molar-refractivity contribution in [3.63, 3.8) is 0 Å². The molecule has 2 rings (SSSR count). The Hall–Kier alpha value is -2.77. The van der Waals surface area contributed by atoms with E-state index in [1.165, 1.54) is 6.07 Å². The van der Waals surface area contributed by atoms with Gasteiger partial charge in [-0.2, -0.15) is 0 Å². The summed E-state index contributed by atoms with van der Waals surface area (Å²) in [6, 6.07) is 4.64. The summed E-state index contributed by atoms with van der Waals surface area (Å²) in [5.74, 6) is -0.434. The minimum Gasteiger partial charge on any atom is -0.508 e. The van der Waals surface area contributed by atoms with Gasteiger partial charge in [0, 0.05) is 12.6 Å². The van der Waals surface area contributed by atoms with Crippen LogP contribution in [0.2, 0.25) is 0 Å². The number of aromatic hydroxyl groups is 1. The van der Waals surface area contributed by atoms with Gasteiger partial charge in [-0.15, -0.1) is 0 Å². The average Bonchev–Trinajstić information content (AvgIpc) is 2.72. The Labute approximate surface area is 216 Å². The molecule has 0 saturated heterocycles. The summed E-state index contributed by atoms with van der Waals surface area (Å²) in [5.41, 5.74) is -0.158. The molecule has 202 valence electrons. The number of alkyl carbamates (subject to hydrolysis) is 1. The number of nitrogens with one attached hydrogen (secondary N) is 2. The lowest BCUT2D eigenvalue weighted by Gasteiger charge is -2.43. The summed E-state index contributed by atoms with van der Waals surface area (Å²) in [6.45, 7) is 11.9. The zero-order valence-electron chi connectivity index (χ0n) is 22.8. The Bertz CT molecular complexity index is 876. The minimum absolute atomic E-state index is 0.0305. The molecule has 2 atom stereocenters. The zero-order valence-corrected chi connectivity index (χ0v) is 22.8. The third-order valence-corrected chi connectivity index (χ3v) is 6.21. The Morgan fingerprint density at radius 3 is 2.39 bits per heavy atom. The third-order valence-electron chi connectivity index (χ3n) is 6.21. The first-order valence-electron chi connectivity index (χ1n) is 13.3. The van der Waals surface area contributed by atoms with E-state index in [0.29, 0.717) is 18.5 Å². The summed E-state index contributed by atoms with van der Waals surface area (Å²) in [4.78, 5) is 41.9. The molecular formula is C28H45N3O5. The fourth-order valence-corrected chi connectivity index (χ4v) is 4.32.